The average molecular weight is 239 g/mol. The highest BCUT2D eigenvalue weighted by atomic mass is 19.1. The fraction of sp³-hybridized carbons (Fsp3) is 0.385. The van der Waals surface area contributed by atoms with E-state index in [9.17, 15) is 8.78 Å². The highest BCUT2D eigenvalue weighted by Crippen LogP contribution is 2.20. The summed E-state index contributed by atoms with van der Waals surface area (Å²) in [5.41, 5.74) is 0. The number of ether oxygens (including phenoxy) is 1. The first-order valence-electron chi connectivity index (χ1n) is 5.34. The molecule has 0 saturated heterocycles. The fourth-order valence-electron chi connectivity index (χ4n) is 1.36. The van der Waals surface area contributed by atoms with Gasteiger partial charge in [0, 0.05) is 6.54 Å². The first-order chi connectivity index (χ1) is 8.15. The number of nitrogens with zero attached hydrogens (tertiary/aromatic N) is 1. The highest BCUT2D eigenvalue weighted by Gasteiger charge is 2.09. The molecular formula is C13H15F2NO. The van der Waals surface area contributed by atoms with E-state index in [-0.39, 0.29) is 12.4 Å². The molecule has 0 saturated carbocycles. The van der Waals surface area contributed by atoms with E-state index in [1.807, 2.05) is 11.9 Å². The van der Waals surface area contributed by atoms with Gasteiger partial charge in [0.1, 0.15) is 0 Å². The maximum atomic E-state index is 13.2. The van der Waals surface area contributed by atoms with Crippen molar-refractivity contribution in [2.45, 2.75) is 6.42 Å². The maximum Gasteiger partial charge on any atom is 0.190 e. The van der Waals surface area contributed by atoms with Gasteiger partial charge in [-0.2, -0.15) is 0 Å². The Morgan fingerprint density at radius 3 is 2.59 bits per heavy atom. The summed E-state index contributed by atoms with van der Waals surface area (Å²) in [6, 6.07) is 3.64. The normalized spacial score (nSPS) is 10.3. The molecule has 0 aliphatic rings. The number of terminal acetylenes is 1. The van der Waals surface area contributed by atoms with Crippen LogP contribution in [0.2, 0.25) is 0 Å². The molecule has 0 atom stereocenters. The monoisotopic (exact) mass is 239 g/mol. The molecule has 0 unspecified atom stereocenters. The zero-order valence-electron chi connectivity index (χ0n) is 9.75. The summed E-state index contributed by atoms with van der Waals surface area (Å²) in [6.45, 7) is 1.53. The van der Waals surface area contributed by atoms with Gasteiger partial charge in [-0.25, -0.2) is 8.78 Å². The largest absolute Gasteiger partial charge is 0.488 e. The van der Waals surface area contributed by atoms with Gasteiger partial charge in [-0.05, 0) is 25.6 Å². The van der Waals surface area contributed by atoms with Crippen LogP contribution in [0.5, 0.6) is 5.75 Å². The number of para-hydroxylation sites is 1. The van der Waals surface area contributed by atoms with Gasteiger partial charge >= 0.3 is 0 Å². The van der Waals surface area contributed by atoms with Gasteiger partial charge in [0.15, 0.2) is 17.4 Å². The van der Waals surface area contributed by atoms with Gasteiger partial charge in [-0.15, -0.1) is 6.42 Å². The molecule has 0 bridgehead atoms. The van der Waals surface area contributed by atoms with Crippen LogP contribution < -0.4 is 4.74 Å². The second-order valence-corrected chi connectivity index (χ2v) is 3.69. The zero-order chi connectivity index (χ0) is 12.7. The zero-order valence-corrected chi connectivity index (χ0v) is 9.75. The number of hydrogen-bond donors (Lipinski definition) is 0. The van der Waals surface area contributed by atoms with Crippen molar-refractivity contribution in [1.82, 2.24) is 4.90 Å². The van der Waals surface area contributed by atoms with Crippen LogP contribution >= 0.6 is 0 Å². The second kappa shape index (κ2) is 6.87. The van der Waals surface area contributed by atoms with Crippen LogP contribution in [0.1, 0.15) is 6.42 Å². The van der Waals surface area contributed by atoms with E-state index in [0.717, 1.165) is 6.54 Å². The number of rotatable bonds is 6. The minimum atomic E-state index is -0.679. The van der Waals surface area contributed by atoms with Gasteiger partial charge in [-0.1, -0.05) is 12.0 Å². The van der Waals surface area contributed by atoms with Crippen molar-refractivity contribution in [3.63, 3.8) is 0 Å². The minimum absolute atomic E-state index is 0.257. The van der Waals surface area contributed by atoms with E-state index >= 15 is 0 Å². The summed E-state index contributed by atoms with van der Waals surface area (Å²) >= 11 is 0. The molecule has 1 aromatic rings. The van der Waals surface area contributed by atoms with Gasteiger partial charge in [0.05, 0.1) is 13.2 Å². The SMILES string of the molecule is C#CCN(C)CCCOc1c(F)cccc1F. The average Bonchev–Trinajstić information content (AvgIpc) is 2.28. The van der Waals surface area contributed by atoms with E-state index in [1.54, 1.807) is 0 Å². The lowest BCUT2D eigenvalue weighted by molar-refractivity contribution is 0.255. The molecule has 0 aliphatic heterocycles. The molecule has 0 aliphatic carbocycles. The van der Waals surface area contributed by atoms with Crippen LogP contribution in [0.3, 0.4) is 0 Å². The third kappa shape index (κ3) is 4.41. The van der Waals surface area contributed by atoms with Crippen LogP contribution in [0.25, 0.3) is 0 Å². The summed E-state index contributed by atoms with van der Waals surface area (Å²) in [4.78, 5) is 1.93. The van der Waals surface area contributed by atoms with Gasteiger partial charge in [0.2, 0.25) is 0 Å². The molecule has 0 amide bonds. The third-order valence-electron chi connectivity index (χ3n) is 2.21. The number of halogens is 2. The standard InChI is InChI=1S/C13H15F2NO/c1-3-8-16(2)9-5-10-17-13-11(14)6-4-7-12(13)15/h1,4,6-7H,5,8-10H2,2H3. The van der Waals surface area contributed by atoms with Crippen LogP contribution in [0, 0.1) is 24.0 Å². The van der Waals surface area contributed by atoms with Gasteiger partial charge in [-0.3, -0.25) is 4.90 Å². The van der Waals surface area contributed by atoms with Crippen LogP contribution in [-0.2, 0) is 0 Å². The Morgan fingerprint density at radius 2 is 2.00 bits per heavy atom. The summed E-state index contributed by atoms with van der Waals surface area (Å²) in [7, 11) is 1.88. The Bertz CT molecular complexity index is 381. The summed E-state index contributed by atoms with van der Waals surface area (Å²) in [6.07, 6.45) is 5.80. The Labute approximate surface area is 100 Å². The number of benzene rings is 1. The molecular weight excluding hydrogens is 224 g/mol. The molecule has 2 nitrogen and oxygen atoms in total. The first-order valence-corrected chi connectivity index (χ1v) is 5.34. The van der Waals surface area contributed by atoms with E-state index in [1.165, 1.54) is 18.2 Å². The van der Waals surface area contributed by atoms with E-state index in [2.05, 4.69) is 5.92 Å². The molecule has 0 aromatic heterocycles. The van der Waals surface area contributed by atoms with Crippen LogP contribution in [0.15, 0.2) is 18.2 Å². The number of hydrogen-bond acceptors (Lipinski definition) is 2. The fourth-order valence-corrected chi connectivity index (χ4v) is 1.36. The lowest BCUT2D eigenvalue weighted by Crippen LogP contribution is -2.21. The Hall–Kier alpha value is -1.60. The maximum absolute atomic E-state index is 13.2. The van der Waals surface area contributed by atoms with Crippen molar-refractivity contribution in [1.29, 1.82) is 0 Å². The first kappa shape index (κ1) is 13.5. The smallest absolute Gasteiger partial charge is 0.190 e. The highest BCUT2D eigenvalue weighted by molar-refractivity contribution is 5.25. The third-order valence-corrected chi connectivity index (χ3v) is 2.21. The quantitative estimate of drug-likeness (QED) is 0.558. The summed E-state index contributed by atoms with van der Waals surface area (Å²) in [5, 5.41) is 0. The van der Waals surface area contributed by atoms with Gasteiger partial charge < -0.3 is 4.74 Å². The van der Waals surface area contributed by atoms with Crippen molar-refractivity contribution in [2.24, 2.45) is 0 Å². The molecule has 4 heteroatoms. The van der Waals surface area contributed by atoms with Crippen molar-refractivity contribution < 1.29 is 13.5 Å². The van der Waals surface area contributed by atoms with E-state index in [4.69, 9.17) is 11.2 Å². The molecule has 92 valence electrons. The Morgan fingerprint density at radius 1 is 1.35 bits per heavy atom. The predicted molar refractivity (Wildman–Crippen MR) is 62.8 cm³/mol. The van der Waals surface area contributed by atoms with E-state index in [0.29, 0.717) is 13.0 Å². The molecule has 0 spiro atoms. The van der Waals surface area contributed by atoms with E-state index < -0.39 is 11.6 Å². The Kier molecular flexibility index (Phi) is 5.44. The molecule has 0 fully saturated rings. The van der Waals surface area contributed by atoms with Crippen LogP contribution in [-0.4, -0.2) is 31.6 Å². The molecule has 1 rings (SSSR count). The molecule has 0 heterocycles. The van der Waals surface area contributed by atoms with Crippen molar-refractivity contribution in [2.75, 3.05) is 26.7 Å². The second-order valence-electron chi connectivity index (χ2n) is 3.69. The lowest BCUT2D eigenvalue weighted by atomic mass is 10.3. The van der Waals surface area contributed by atoms with Crippen molar-refractivity contribution in [3.05, 3.63) is 29.8 Å². The molecule has 1 aromatic carbocycles. The Balaban J connectivity index is 2.34. The lowest BCUT2D eigenvalue weighted by Gasteiger charge is -2.13. The van der Waals surface area contributed by atoms with Gasteiger partial charge in [0.25, 0.3) is 0 Å². The summed E-state index contributed by atoms with van der Waals surface area (Å²) < 4.78 is 31.4. The summed E-state index contributed by atoms with van der Waals surface area (Å²) in [5.74, 6) is 0.839. The van der Waals surface area contributed by atoms with Crippen LogP contribution in [0.4, 0.5) is 8.78 Å². The van der Waals surface area contributed by atoms with Crippen molar-refractivity contribution >= 4 is 0 Å². The predicted octanol–water partition coefficient (Wildman–Crippen LogP) is 2.30. The minimum Gasteiger partial charge on any atom is -0.488 e. The molecule has 0 radical (unpaired) electrons. The van der Waals surface area contributed by atoms with Crippen molar-refractivity contribution in [3.8, 4) is 18.1 Å². The molecule has 17 heavy (non-hydrogen) atoms. The topological polar surface area (TPSA) is 12.5 Å². The molecule has 0 N–H and O–H groups in total.